The van der Waals surface area contributed by atoms with Crippen LogP contribution in [0.4, 0.5) is 0 Å². The maximum absolute atomic E-state index is 12.6. The van der Waals surface area contributed by atoms with Crippen molar-refractivity contribution in [2.75, 3.05) is 26.2 Å². The van der Waals surface area contributed by atoms with Gasteiger partial charge in [0.1, 0.15) is 0 Å². The van der Waals surface area contributed by atoms with E-state index in [9.17, 15) is 4.79 Å². The van der Waals surface area contributed by atoms with E-state index in [2.05, 4.69) is 54.2 Å². The lowest BCUT2D eigenvalue weighted by molar-refractivity contribution is -0.137. The molecular formula is C19H27N3O. The zero-order valence-electron chi connectivity index (χ0n) is 14.2. The van der Waals surface area contributed by atoms with Crippen LogP contribution in [-0.2, 0) is 11.3 Å². The Morgan fingerprint density at radius 3 is 2.87 bits per heavy atom. The molecule has 2 aromatic rings. The van der Waals surface area contributed by atoms with Gasteiger partial charge in [-0.25, -0.2) is 0 Å². The van der Waals surface area contributed by atoms with E-state index in [-0.39, 0.29) is 5.92 Å². The van der Waals surface area contributed by atoms with Gasteiger partial charge in [0.15, 0.2) is 0 Å². The molecule has 124 valence electrons. The standard InChI is InChI=1S/C19H27N3O/c1-3-22(4-2)19(23)15-8-7-11-21(13-15)14-16-12-20-18-10-6-5-9-17(16)18/h5-6,9-10,12,15,20H,3-4,7-8,11,13-14H2,1-2H3/t15-/m1/s1. The number of H-pyrrole nitrogens is 1. The first kappa shape index (κ1) is 16.1. The molecule has 1 atom stereocenters. The average Bonchev–Trinajstić information content (AvgIpc) is 2.99. The van der Waals surface area contributed by atoms with Crippen LogP contribution in [0.25, 0.3) is 10.9 Å². The predicted molar refractivity (Wildman–Crippen MR) is 94.2 cm³/mol. The smallest absolute Gasteiger partial charge is 0.226 e. The molecule has 1 aliphatic heterocycles. The zero-order chi connectivity index (χ0) is 16.2. The summed E-state index contributed by atoms with van der Waals surface area (Å²) in [6.07, 6.45) is 4.25. The highest BCUT2D eigenvalue weighted by molar-refractivity contribution is 5.83. The van der Waals surface area contributed by atoms with E-state index in [1.807, 2.05) is 4.90 Å². The molecule has 2 heterocycles. The number of aromatic amines is 1. The number of aromatic nitrogens is 1. The maximum atomic E-state index is 12.6. The highest BCUT2D eigenvalue weighted by atomic mass is 16.2. The van der Waals surface area contributed by atoms with Gasteiger partial charge in [0.05, 0.1) is 5.92 Å². The van der Waals surface area contributed by atoms with Crippen LogP contribution in [0.5, 0.6) is 0 Å². The molecule has 0 radical (unpaired) electrons. The van der Waals surface area contributed by atoms with Crippen LogP contribution in [0, 0.1) is 5.92 Å². The van der Waals surface area contributed by atoms with E-state index >= 15 is 0 Å². The van der Waals surface area contributed by atoms with Gasteiger partial charge in [-0.3, -0.25) is 9.69 Å². The number of hydrogen-bond donors (Lipinski definition) is 1. The zero-order valence-corrected chi connectivity index (χ0v) is 14.2. The number of amides is 1. The van der Waals surface area contributed by atoms with Crippen LogP contribution in [0.1, 0.15) is 32.3 Å². The van der Waals surface area contributed by atoms with E-state index in [1.165, 1.54) is 16.5 Å². The molecule has 0 spiro atoms. The summed E-state index contributed by atoms with van der Waals surface area (Å²) in [5, 5.41) is 1.30. The number of fused-ring (bicyclic) bond motifs is 1. The van der Waals surface area contributed by atoms with Crippen LogP contribution < -0.4 is 0 Å². The molecule has 3 rings (SSSR count). The summed E-state index contributed by atoms with van der Waals surface area (Å²) in [5.41, 5.74) is 2.52. The summed E-state index contributed by atoms with van der Waals surface area (Å²) in [5.74, 6) is 0.493. The first-order valence-electron chi connectivity index (χ1n) is 8.79. The second kappa shape index (κ2) is 7.18. The highest BCUT2D eigenvalue weighted by Gasteiger charge is 2.28. The molecule has 0 aliphatic carbocycles. The molecule has 1 fully saturated rings. The van der Waals surface area contributed by atoms with E-state index in [1.54, 1.807) is 0 Å². The molecular weight excluding hydrogens is 286 g/mol. The first-order valence-corrected chi connectivity index (χ1v) is 8.79. The number of likely N-dealkylation sites (tertiary alicyclic amines) is 1. The Morgan fingerprint density at radius 1 is 1.30 bits per heavy atom. The molecule has 1 amide bonds. The Kier molecular flexibility index (Phi) is 5.01. The Morgan fingerprint density at radius 2 is 2.09 bits per heavy atom. The molecule has 4 heteroatoms. The molecule has 1 saturated heterocycles. The van der Waals surface area contributed by atoms with Crippen molar-refractivity contribution in [1.82, 2.24) is 14.8 Å². The third kappa shape index (κ3) is 3.42. The number of benzene rings is 1. The SMILES string of the molecule is CCN(CC)C(=O)[C@@H]1CCCN(Cc2c[nH]c3ccccc23)C1. The van der Waals surface area contributed by atoms with Gasteiger partial charge in [0.25, 0.3) is 0 Å². The maximum Gasteiger partial charge on any atom is 0.226 e. The topological polar surface area (TPSA) is 39.3 Å². The van der Waals surface area contributed by atoms with Gasteiger partial charge in [-0.15, -0.1) is 0 Å². The molecule has 4 nitrogen and oxygen atoms in total. The lowest BCUT2D eigenvalue weighted by Gasteiger charge is -2.34. The van der Waals surface area contributed by atoms with E-state index in [0.717, 1.165) is 45.6 Å². The number of nitrogens with zero attached hydrogens (tertiary/aromatic N) is 2. The fourth-order valence-electron chi connectivity index (χ4n) is 3.70. The summed E-state index contributed by atoms with van der Waals surface area (Å²) in [7, 11) is 0. The van der Waals surface area contributed by atoms with Gasteiger partial charge in [-0.1, -0.05) is 18.2 Å². The van der Waals surface area contributed by atoms with Gasteiger partial charge in [0, 0.05) is 43.3 Å². The van der Waals surface area contributed by atoms with Gasteiger partial charge < -0.3 is 9.88 Å². The van der Waals surface area contributed by atoms with Crippen molar-refractivity contribution in [2.24, 2.45) is 5.92 Å². The monoisotopic (exact) mass is 313 g/mol. The third-order valence-corrected chi connectivity index (χ3v) is 5.00. The van der Waals surface area contributed by atoms with Crippen molar-refractivity contribution in [2.45, 2.75) is 33.2 Å². The van der Waals surface area contributed by atoms with Crippen molar-refractivity contribution >= 4 is 16.8 Å². The Labute approximate surface area is 138 Å². The molecule has 1 N–H and O–H groups in total. The van der Waals surface area contributed by atoms with E-state index < -0.39 is 0 Å². The number of piperidine rings is 1. The van der Waals surface area contributed by atoms with Crippen molar-refractivity contribution < 1.29 is 4.79 Å². The van der Waals surface area contributed by atoms with Crippen LogP contribution in [0.2, 0.25) is 0 Å². The second-order valence-electron chi connectivity index (χ2n) is 6.44. The Balaban J connectivity index is 1.68. The predicted octanol–water partition coefficient (Wildman–Crippen LogP) is 3.25. The first-order chi connectivity index (χ1) is 11.2. The number of carbonyl (C=O) groups is 1. The number of nitrogens with one attached hydrogen (secondary N) is 1. The van der Waals surface area contributed by atoms with Crippen LogP contribution in [-0.4, -0.2) is 46.9 Å². The average molecular weight is 313 g/mol. The summed E-state index contributed by atoms with van der Waals surface area (Å²) < 4.78 is 0. The van der Waals surface area contributed by atoms with E-state index in [4.69, 9.17) is 0 Å². The molecule has 23 heavy (non-hydrogen) atoms. The lowest BCUT2D eigenvalue weighted by atomic mass is 9.96. The highest BCUT2D eigenvalue weighted by Crippen LogP contribution is 2.24. The quantitative estimate of drug-likeness (QED) is 0.920. The van der Waals surface area contributed by atoms with Crippen LogP contribution in [0.3, 0.4) is 0 Å². The number of hydrogen-bond acceptors (Lipinski definition) is 2. The van der Waals surface area contributed by atoms with Gasteiger partial charge in [-0.05, 0) is 44.9 Å². The summed E-state index contributed by atoms with van der Waals surface area (Å²) in [6.45, 7) is 8.65. The Hall–Kier alpha value is -1.81. The third-order valence-electron chi connectivity index (χ3n) is 5.00. The lowest BCUT2D eigenvalue weighted by Crippen LogP contribution is -2.44. The molecule has 0 unspecified atom stereocenters. The van der Waals surface area contributed by atoms with Crippen LogP contribution in [0.15, 0.2) is 30.5 Å². The Bertz CT molecular complexity index is 659. The molecule has 1 aliphatic rings. The van der Waals surface area contributed by atoms with Gasteiger partial charge in [0.2, 0.25) is 5.91 Å². The number of para-hydroxylation sites is 1. The molecule has 1 aromatic heterocycles. The normalized spacial score (nSPS) is 19.1. The van der Waals surface area contributed by atoms with Crippen molar-refractivity contribution in [3.63, 3.8) is 0 Å². The van der Waals surface area contributed by atoms with Crippen LogP contribution >= 0.6 is 0 Å². The van der Waals surface area contributed by atoms with Crippen molar-refractivity contribution in [1.29, 1.82) is 0 Å². The second-order valence-corrected chi connectivity index (χ2v) is 6.44. The summed E-state index contributed by atoms with van der Waals surface area (Å²) in [4.78, 5) is 20.4. The fourth-order valence-corrected chi connectivity index (χ4v) is 3.70. The number of rotatable bonds is 5. The summed E-state index contributed by atoms with van der Waals surface area (Å²) in [6, 6.07) is 8.43. The minimum atomic E-state index is 0.161. The summed E-state index contributed by atoms with van der Waals surface area (Å²) >= 11 is 0. The number of carbonyl (C=O) groups excluding carboxylic acids is 1. The van der Waals surface area contributed by atoms with Crippen molar-refractivity contribution in [3.05, 3.63) is 36.0 Å². The minimum Gasteiger partial charge on any atom is -0.361 e. The molecule has 1 aromatic carbocycles. The minimum absolute atomic E-state index is 0.161. The largest absolute Gasteiger partial charge is 0.361 e. The van der Waals surface area contributed by atoms with Gasteiger partial charge in [-0.2, -0.15) is 0 Å². The van der Waals surface area contributed by atoms with Gasteiger partial charge >= 0.3 is 0 Å². The van der Waals surface area contributed by atoms with Crippen molar-refractivity contribution in [3.8, 4) is 0 Å². The van der Waals surface area contributed by atoms with E-state index in [0.29, 0.717) is 5.91 Å². The molecule has 0 saturated carbocycles. The molecule has 0 bridgehead atoms. The fraction of sp³-hybridized carbons (Fsp3) is 0.526.